The molecule has 23 heavy (non-hydrogen) atoms. The van der Waals surface area contributed by atoms with Gasteiger partial charge in [0.25, 0.3) is 0 Å². The Labute approximate surface area is 144 Å². The molecule has 2 N–H and O–H groups in total. The van der Waals surface area contributed by atoms with E-state index in [0.29, 0.717) is 11.7 Å². The molecule has 0 radical (unpaired) electrons. The van der Waals surface area contributed by atoms with Crippen molar-refractivity contribution in [1.82, 2.24) is 5.32 Å². The molecule has 0 heterocycles. The first-order chi connectivity index (χ1) is 11.1. The fraction of sp³-hybridized carbons (Fsp3) is 0.316. The van der Waals surface area contributed by atoms with Crippen molar-refractivity contribution in [3.05, 3.63) is 59.7 Å². The standard InChI is InChI=1S/C19H24N2OS/c1-4-15-6-10-17(11-7-15)21-19(23)20-14(3)16-8-12-18(13-9-16)22-5-2/h6-14H,4-5H2,1-3H3,(H2,20,21,23). The molecule has 0 aliphatic carbocycles. The van der Waals surface area contributed by atoms with Crippen molar-refractivity contribution in [3.63, 3.8) is 0 Å². The van der Waals surface area contributed by atoms with Crippen molar-refractivity contribution < 1.29 is 4.74 Å². The van der Waals surface area contributed by atoms with Crippen LogP contribution >= 0.6 is 12.2 Å². The van der Waals surface area contributed by atoms with Crippen LogP contribution in [0.15, 0.2) is 48.5 Å². The molecule has 0 saturated carbocycles. The molecule has 0 bridgehead atoms. The fourth-order valence-corrected chi connectivity index (χ4v) is 2.58. The van der Waals surface area contributed by atoms with Crippen molar-refractivity contribution in [3.8, 4) is 5.75 Å². The monoisotopic (exact) mass is 328 g/mol. The van der Waals surface area contributed by atoms with Gasteiger partial charge < -0.3 is 15.4 Å². The lowest BCUT2D eigenvalue weighted by atomic mass is 10.1. The van der Waals surface area contributed by atoms with Gasteiger partial charge in [-0.3, -0.25) is 0 Å². The average Bonchev–Trinajstić information content (AvgIpc) is 2.56. The zero-order chi connectivity index (χ0) is 16.7. The van der Waals surface area contributed by atoms with E-state index in [4.69, 9.17) is 17.0 Å². The number of rotatable bonds is 6. The number of anilines is 1. The van der Waals surface area contributed by atoms with Crippen LogP contribution in [0.3, 0.4) is 0 Å². The summed E-state index contributed by atoms with van der Waals surface area (Å²) in [6, 6.07) is 16.5. The number of ether oxygens (including phenoxy) is 1. The molecule has 0 amide bonds. The Kier molecular flexibility index (Phi) is 6.41. The zero-order valence-corrected chi connectivity index (χ0v) is 14.7. The summed E-state index contributed by atoms with van der Waals surface area (Å²) in [6.45, 7) is 6.89. The van der Waals surface area contributed by atoms with Crippen LogP contribution in [0.4, 0.5) is 5.69 Å². The highest BCUT2D eigenvalue weighted by atomic mass is 32.1. The van der Waals surface area contributed by atoms with Gasteiger partial charge in [0, 0.05) is 5.69 Å². The third-order valence-corrected chi connectivity index (χ3v) is 3.88. The Morgan fingerprint density at radius 2 is 1.70 bits per heavy atom. The molecule has 2 aromatic carbocycles. The minimum atomic E-state index is 0.126. The Hall–Kier alpha value is -2.07. The van der Waals surface area contributed by atoms with Gasteiger partial charge in [-0.2, -0.15) is 0 Å². The summed E-state index contributed by atoms with van der Waals surface area (Å²) in [5, 5.41) is 7.15. The molecule has 3 nitrogen and oxygen atoms in total. The van der Waals surface area contributed by atoms with Crippen LogP contribution in [0, 0.1) is 0 Å². The van der Waals surface area contributed by atoms with Crippen molar-refractivity contribution >= 4 is 23.0 Å². The quantitative estimate of drug-likeness (QED) is 0.753. The smallest absolute Gasteiger partial charge is 0.171 e. The molecule has 0 fully saturated rings. The summed E-state index contributed by atoms with van der Waals surface area (Å²) in [4.78, 5) is 0. The van der Waals surface area contributed by atoms with E-state index in [1.54, 1.807) is 0 Å². The minimum Gasteiger partial charge on any atom is -0.494 e. The fourth-order valence-electron chi connectivity index (χ4n) is 2.29. The van der Waals surface area contributed by atoms with Crippen LogP contribution in [-0.4, -0.2) is 11.7 Å². The molecule has 0 saturated heterocycles. The topological polar surface area (TPSA) is 33.3 Å². The van der Waals surface area contributed by atoms with Gasteiger partial charge in [0.1, 0.15) is 5.75 Å². The molecule has 1 atom stereocenters. The number of nitrogens with one attached hydrogen (secondary N) is 2. The van der Waals surface area contributed by atoms with E-state index in [9.17, 15) is 0 Å². The molecule has 0 aliphatic heterocycles. The Balaban J connectivity index is 1.90. The number of aryl methyl sites for hydroxylation is 1. The number of benzene rings is 2. The predicted octanol–water partition coefficient (Wildman–Crippen LogP) is 4.70. The van der Waals surface area contributed by atoms with Crippen LogP contribution in [0.2, 0.25) is 0 Å². The van der Waals surface area contributed by atoms with Gasteiger partial charge in [-0.25, -0.2) is 0 Å². The summed E-state index contributed by atoms with van der Waals surface area (Å²) in [7, 11) is 0. The predicted molar refractivity (Wildman–Crippen MR) is 101 cm³/mol. The van der Waals surface area contributed by atoms with Crippen LogP contribution in [-0.2, 0) is 6.42 Å². The van der Waals surface area contributed by atoms with Crippen molar-refractivity contribution in [2.24, 2.45) is 0 Å². The van der Waals surface area contributed by atoms with E-state index >= 15 is 0 Å². The van der Waals surface area contributed by atoms with E-state index < -0.39 is 0 Å². The van der Waals surface area contributed by atoms with Gasteiger partial charge >= 0.3 is 0 Å². The molecule has 2 aromatic rings. The third-order valence-electron chi connectivity index (χ3n) is 3.66. The Morgan fingerprint density at radius 3 is 2.26 bits per heavy atom. The highest BCUT2D eigenvalue weighted by Crippen LogP contribution is 2.18. The van der Waals surface area contributed by atoms with E-state index in [2.05, 4.69) is 48.7 Å². The first-order valence-corrected chi connectivity index (χ1v) is 8.42. The van der Waals surface area contributed by atoms with Gasteiger partial charge in [-0.15, -0.1) is 0 Å². The van der Waals surface area contributed by atoms with E-state index in [0.717, 1.165) is 17.9 Å². The lowest BCUT2D eigenvalue weighted by molar-refractivity contribution is 0.340. The Morgan fingerprint density at radius 1 is 1.04 bits per heavy atom. The van der Waals surface area contributed by atoms with Crippen molar-refractivity contribution in [2.75, 3.05) is 11.9 Å². The van der Waals surface area contributed by atoms with Crippen molar-refractivity contribution in [2.45, 2.75) is 33.2 Å². The molecule has 4 heteroatoms. The zero-order valence-electron chi connectivity index (χ0n) is 13.9. The lowest BCUT2D eigenvalue weighted by Gasteiger charge is -2.18. The molecule has 0 spiro atoms. The van der Waals surface area contributed by atoms with E-state index in [1.165, 1.54) is 11.1 Å². The second kappa shape index (κ2) is 8.53. The van der Waals surface area contributed by atoms with Crippen LogP contribution in [0.1, 0.15) is 37.9 Å². The second-order valence-corrected chi connectivity index (χ2v) is 5.78. The molecular weight excluding hydrogens is 304 g/mol. The summed E-state index contributed by atoms with van der Waals surface area (Å²) in [6.07, 6.45) is 1.04. The molecule has 0 aromatic heterocycles. The normalized spacial score (nSPS) is 11.6. The van der Waals surface area contributed by atoms with E-state index in [-0.39, 0.29) is 6.04 Å². The number of thiocarbonyl (C=S) groups is 1. The van der Waals surface area contributed by atoms with Crippen molar-refractivity contribution in [1.29, 1.82) is 0 Å². The molecular formula is C19H24N2OS. The largest absolute Gasteiger partial charge is 0.494 e. The third kappa shape index (κ3) is 5.25. The molecule has 1 unspecified atom stereocenters. The summed E-state index contributed by atoms with van der Waals surface area (Å²) < 4.78 is 5.46. The number of hydrogen-bond acceptors (Lipinski definition) is 2. The number of hydrogen-bond donors (Lipinski definition) is 2. The second-order valence-electron chi connectivity index (χ2n) is 5.37. The first-order valence-electron chi connectivity index (χ1n) is 8.01. The average molecular weight is 328 g/mol. The maximum absolute atomic E-state index is 5.46. The van der Waals surface area contributed by atoms with E-state index in [1.807, 2.05) is 31.2 Å². The molecule has 0 aliphatic rings. The molecule has 122 valence electrons. The van der Waals surface area contributed by atoms with Gasteiger partial charge in [-0.05, 0) is 67.9 Å². The van der Waals surface area contributed by atoms with Crippen LogP contribution in [0.5, 0.6) is 5.75 Å². The van der Waals surface area contributed by atoms with Gasteiger partial charge in [-0.1, -0.05) is 31.2 Å². The summed E-state index contributed by atoms with van der Waals surface area (Å²) >= 11 is 5.39. The van der Waals surface area contributed by atoms with Gasteiger partial charge in [0.05, 0.1) is 12.6 Å². The summed E-state index contributed by atoms with van der Waals surface area (Å²) in [5.41, 5.74) is 3.48. The lowest BCUT2D eigenvalue weighted by Crippen LogP contribution is -2.30. The van der Waals surface area contributed by atoms with Gasteiger partial charge in [0.15, 0.2) is 5.11 Å². The Bertz CT molecular complexity index is 623. The summed E-state index contributed by atoms with van der Waals surface area (Å²) in [5.74, 6) is 0.889. The first kappa shape index (κ1) is 17.3. The van der Waals surface area contributed by atoms with Crippen LogP contribution in [0.25, 0.3) is 0 Å². The highest BCUT2D eigenvalue weighted by molar-refractivity contribution is 7.80. The highest BCUT2D eigenvalue weighted by Gasteiger charge is 2.07. The SMILES string of the molecule is CCOc1ccc(C(C)NC(=S)Nc2ccc(CC)cc2)cc1. The minimum absolute atomic E-state index is 0.126. The molecule has 2 rings (SSSR count). The maximum Gasteiger partial charge on any atom is 0.171 e. The van der Waals surface area contributed by atoms with Crippen LogP contribution < -0.4 is 15.4 Å². The maximum atomic E-state index is 5.46. The van der Waals surface area contributed by atoms with Gasteiger partial charge in [0.2, 0.25) is 0 Å².